The summed E-state index contributed by atoms with van der Waals surface area (Å²) in [7, 11) is 0. The van der Waals surface area contributed by atoms with Crippen LogP contribution in [0.3, 0.4) is 0 Å². The van der Waals surface area contributed by atoms with Crippen LogP contribution in [0.1, 0.15) is 16.1 Å². The summed E-state index contributed by atoms with van der Waals surface area (Å²) < 4.78 is 5.96. The van der Waals surface area contributed by atoms with E-state index in [0.717, 1.165) is 5.56 Å². The van der Waals surface area contributed by atoms with Gasteiger partial charge in [0.1, 0.15) is 11.4 Å². The van der Waals surface area contributed by atoms with Gasteiger partial charge in [0.25, 0.3) is 5.91 Å². The zero-order valence-electron chi connectivity index (χ0n) is 15.0. The Hall–Kier alpha value is -3.29. The van der Waals surface area contributed by atoms with Crippen LogP contribution < -0.4 is 20.5 Å². The number of benzene rings is 2. The minimum atomic E-state index is -0.534. The molecule has 1 aromatic heterocycles. The molecule has 3 amide bonds. The summed E-state index contributed by atoms with van der Waals surface area (Å²) in [6, 6.07) is 16.9. The highest BCUT2D eigenvalue weighted by Gasteiger charge is 2.26. The number of amides is 3. The van der Waals surface area contributed by atoms with Crippen LogP contribution in [0, 0.1) is 0 Å². The van der Waals surface area contributed by atoms with Gasteiger partial charge < -0.3 is 4.74 Å². The fraction of sp³-hybridized carbons (Fsp3) is 0.0500. The Balaban J connectivity index is 0.00000240. The Morgan fingerprint density at radius 3 is 2.59 bits per heavy atom. The summed E-state index contributed by atoms with van der Waals surface area (Å²) >= 11 is 6.13. The molecule has 9 heteroatoms. The summed E-state index contributed by atoms with van der Waals surface area (Å²) in [5.41, 5.74) is 6.29. The Morgan fingerprint density at radius 1 is 1.00 bits per heavy atom. The van der Waals surface area contributed by atoms with E-state index < -0.39 is 11.9 Å². The number of halogens is 2. The van der Waals surface area contributed by atoms with Gasteiger partial charge >= 0.3 is 6.03 Å². The lowest BCUT2D eigenvalue weighted by Crippen LogP contribution is -2.48. The number of fused-ring (bicyclic) bond motifs is 2. The molecule has 148 valence electrons. The molecule has 0 atom stereocenters. The Labute approximate surface area is 178 Å². The number of anilines is 1. The number of urea groups is 1. The van der Waals surface area contributed by atoms with Crippen molar-refractivity contribution in [3.05, 3.63) is 83.1 Å². The molecule has 0 fully saturated rings. The topological polar surface area (TPSA) is 83.6 Å². The van der Waals surface area contributed by atoms with Gasteiger partial charge in [-0.2, -0.15) is 0 Å². The first-order valence-corrected chi connectivity index (χ1v) is 8.84. The molecule has 3 aromatic rings. The third-order valence-corrected chi connectivity index (χ3v) is 4.39. The number of aromatic nitrogens is 1. The number of ether oxygens (including phenoxy) is 1. The van der Waals surface area contributed by atoms with Gasteiger partial charge in [0.15, 0.2) is 5.75 Å². The van der Waals surface area contributed by atoms with Crippen LogP contribution in [-0.2, 0) is 6.54 Å². The number of nitrogens with zero attached hydrogens (tertiary/aromatic N) is 2. The second-order valence-corrected chi connectivity index (χ2v) is 6.44. The van der Waals surface area contributed by atoms with Crippen molar-refractivity contribution in [3.8, 4) is 11.5 Å². The van der Waals surface area contributed by atoms with Crippen LogP contribution >= 0.6 is 24.0 Å². The maximum absolute atomic E-state index is 12.9. The summed E-state index contributed by atoms with van der Waals surface area (Å²) in [6.45, 7) is 0.245. The van der Waals surface area contributed by atoms with Gasteiger partial charge in [0.2, 0.25) is 0 Å². The van der Waals surface area contributed by atoms with Gasteiger partial charge in [-0.05, 0) is 36.4 Å². The fourth-order valence-corrected chi connectivity index (χ4v) is 2.98. The van der Waals surface area contributed by atoms with E-state index in [1.807, 2.05) is 24.3 Å². The molecular weight excluding hydrogens is 415 g/mol. The standard InChI is InChI=1S/C20H15ClN4O3.ClH/c21-14-8-9-18-16(11-14)25(12-13-5-1-2-7-17(13)28-18)20(27)24-23-19(26)15-6-3-4-10-22-15;/h1-11H,12H2,(H,23,26)(H,24,27);1H. The summed E-state index contributed by atoms with van der Waals surface area (Å²) in [4.78, 5) is 30.4. The first-order valence-electron chi connectivity index (χ1n) is 8.46. The zero-order chi connectivity index (χ0) is 19.5. The van der Waals surface area contributed by atoms with Crippen LogP contribution in [-0.4, -0.2) is 16.9 Å². The van der Waals surface area contributed by atoms with Crippen molar-refractivity contribution in [2.75, 3.05) is 4.90 Å². The number of hydrazine groups is 1. The average molecular weight is 431 g/mol. The maximum Gasteiger partial charge on any atom is 0.341 e. The molecule has 0 saturated heterocycles. The van der Waals surface area contributed by atoms with Crippen molar-refractivity contribution in [2.45, 2.75) is 6.54 Å². The number of pyridine rings is 1. The zero-order valence-corrected chi connectivity index (χ0v) is 16.5. The van der Waals surface area contributed by atoms with Crippen LogP contribution in [0.2, 0.25) is 5.02 Å². The second-order valence-electron chi connectivity index (χ2n) is 6.01. The molecule has 0 unspecified atom stereocenters. The summed E-state index contributed by atoms with van der Waals surface area (Å²) in [6.07, 6.45) is 1.50. The number of nitrogens with one attached hydrogen (secondary N) is 2. The number of hydrogen-bond donors (Lipinski definition) is 2. The molecule has 0 bridgehead atoms. The van der Waals surface area contributed by atoms with E-state index in [4.69, 9.17) is 16.3 Å². The largest absolute Gasteiger partial charge is 0.455 e. The highest BCUT2D eigenvalue weighted by Crippen LogP contribution is 2.40. The third-order valence-electron chi connectivity index (χ3n) is 4.16. The predicted molar refractivity (Wildman–Crippen MR) is 112 cm³/mol. The molecule has 0 radical (unpaired) electrons. The molecular formula is C20H16Cl2N4O3. The Bertz CT molecular complexity index is 1050. The van der Waals surface area contributed by atoms with Crippen molar-refractivity contribution in [1.82, 2.24) is 15.8 Å². The lowest BCUT2D eigenvalue weighted by Gasteiger charge is -2.22. The molecule has 2 heterocycles. The van der Waals surface area contributed by atoms with Gasteiger partial charge in [0.05, 0.1) is 12.2 Å². The molecule has 1 aliphatic heterocycles. The smallest absolute Gasteiger partial charge is 0.341 e. The number of hydrogen-bond acceptors (Lipinski definition) is 4. The summed E-state index contributed by atoms with van der Waals surface area (Å²) in [5.74, 6) is 0.617. The number of para-hydroxylation sites is 1. The molecule has 2 N–H and O–H groups in total. The highest BCUT2D eigenvalue weighted by molar-refractivity contribution is 6.31. The quantitative estimate of drug-likeness (QED) is 0.562. The van der Waals surface area contributed by atoms with Gasteiger partial charge in [0, 0.05) is 16.8 Å². The maximum atomic E-state index is 12.9. The van der Waals surface area contributed by atoms with Gasteiger partial charge in [-0.3, -0.25) is 20.1 Å². The van der Waals surface area contributed by atoms with Crippen molar-refractivity contribution in [2.24, 2.45) is 0 Å². The second kappa shape index (κ2) is 8.81. The predicted octanol–water partition coefficient (Wildman–Crippen LogP) is 4.32. The van der Waals surface area contributed by atoms with Crippen LogP contribution in [0.25, 0.3) is 0 Å². The molecule has 0 spiro atoms. The van der Waals surface area contributed by atoms with Gasteiger partial charge in [-0.25, -0.2) is 10.2 Å². The summed E-state index contributed by atoms with van der Waals surface area (Å²) in [5, 5.41) is 0.462. The number of carbonyl (C=O) groups excluding carboxylic acids is 2. The van der Waals surface area contributed by atoms with E-state index in [1.54, 1.807) is 36.4 Å². The Morgan fingerprint density at radius 2 is 1.79 bits per heavy atom. The van der Waals surface area contributed by atoms with E-state index in [-0.39, 0.29) is 24.6 Å². The fourth-order valence-electron chi connectivity index (χ4n) is 2.82. The molecule has 2 aromatic carbocycles. The van der Waals surface area contributed by atoms with Crippen LogP contribution in [0.4, 0.5) is 10.5 Å². The molecule has 7 nitrogen and oxygen atoms in total. The van der Waals surface area contributed by atoms with Crippen molar-refractivity contribution < 1.29 is 14.3 Å². The minimum Gasteiger partial charge on any atom is -0.455 e. The van der Waals surface area contributed by atoms with Gasteiger partial charge in [-0.1, -0.05) is 35.9 Å². The minimum absolute atomic E-state index is 0. The van der Waals surface area contributed by atoms with E-state index in [9.17, 15) is 9.59 Å². The van der Waals surface area contributed by atoms with Crippen molar-refractivity contribution >= 4 is 41.6 Å². The SMILES string of the molecule is Cl.O=C(NNC(=O)N1Cc2ccccc2Oc2ccc(Cl)cc21)c1ccccn1. The molecule has 0 saturated carbocycles. The van der Waals surface area contributed by atoms with E-state index >= 15 is 0 Å². The first-order chi connectivity index (χ1) is 13.6. The third kappa shape index (κ3) is 4.42. The average Bonchev–Trinajstić information content (AvgIpc) is 2.89. The van der Waals surface area contributed by atoms with Crippen molar-refractivity contribution in [1.29, 1.82) is 0 Å². The van der Waals surface area contributed by atoms with Crippen molar-refractivity contribution in [3.63, 3.8) is 0 Å². The molecule has 29 heavy (non-hydrogen) atoms. The number of rotatable bonds is 1. The Kier molecular flexibility index (Phi) is 6.21. The van der Waals surface area contributed by atoms with E-state index in [0.29, 0.717) is 22.2 Å². The monoisotopic (exact) mass is 430 g/mol. The number of carbonyl (C=O) groups is 2. The van der Waals surface area contributed by atoms with Gasteiger partial charge in [-0.15, -0.1) is 12.4 Å². The molecule has 4 rings (SSSR count). The lowest BCUT2D eigenvalue weighted by atomic mass is 10.2. The van der Waals surface area contributed by atoms with Crippen LogP contribution in [0.5, 0.6) is 11.5 Å². The lowest BCUT2D eigenvalue weighted by molar-refractivity contribution is 0.0932. The molecule has 1 aliphatic rings. The molecule has 0 aliphatic carbocycles. The highest BCUT2D eigenvalue weighted by atomic mass is 35.5. The van der Waals surface area contributed by atoms with E-state index in [2.05, 4.69) is 15.8 Å². The van der Waals surface area contributed by atoms with Crippen LogP contribution in [0.15, 0.2) is 66.9 Å². The van der Waals surface area contributed by atoms with E-state index in [1.165, 1.54) is 11.1 Å². The normalized spacial score (nSPS) is 11.7. The first kappa shape index (κ1) is 20.4.